The van der Waals surface area contributed by atoms with E-state index in [-0.39, 0.29) is 5.91 Å². The maximum absolute atomic E-state index is 12.4. The molecule has 5 rings (SSSR count). The van der Waals surface area contributed by atoms with Crippen molar-refractivity contribution < 1.29 is 14.4 Å². The second-order valence-corrected chi connectivity index (χ2v) is 10.9. The van der Waals surface area contributed by atoms with Crippen LogP contribution in [0.15, 0.2) is 36.7 Å². The predicted octanol–water partition coefficient (Wildman–Crippen LogP) is 4.44. The van der Waals surface area contributed by atoms with E-state index in [1.165, 1.54) is 27.1 Å². The number of amides is 1. The summed E-state index contributed by atoms with van der Waals surface area (Å²) in [5.41, 5.74) is 6.25. The van der Waals surface area contributed by atoms with Gasteiger partial charge in [0.05, 0.1) is 37.5 Å². The highest BCUT2D eigenvalue weighted by Crippen LogP contribution is 2.38. The van der Waals surface area contributed by atoms with E-state index in [9.17, 15) is 4.79 Å². The summed E-state index contributed by atoms with van der Waals surface area (Å²) in [5, 5.41) is 3.75. The van der Waals surface area contributed by atoms with Gasteiger partial charge in [0.2, 0.25) is 5.95 Å². The van der Waals surface area contributed by atoms with Crippen molar-refractivity contribution in [3.05, 3.63) is 58.5 Å². The summed E-state index contributed by atoms with van der Waals surface area (Å²) < 4.78 is 5.43. The molecule has 1 unspecified atom stereocenters. The standard InChI is InChI=1S/C30H39ClN8O3/c1-5-7-23-19-39(13-12-37(23)6-2)27-9-8-22(17-32-27)34-30-33-16-21-18-38(11-10-24(21)35-30)25-14-20(29(40)36-42-4)15-26(41-3)28(25)31/h8-9,14-17,23H,5-7,10-13,18-19H2,1-4H3,(H,36,40)(H,33,34,35). The number of nitrogens with one attached hydrogen (secondary N) is 2. The number of halogens is 1. The molecule has 1 saturated heterocycles. The summed E-state index contributed by atoms with van der Waals surface area (Å²) >= 11 is 6.65. The number of hydrogen-bond acceptors (Lipinski definition) is 10. The average Bonchev–Trinajstić information content (AvgIpc) is 3.01. The Balaban J connectivity index is 1.26. The van der Waals surface area contributed by atoms with Crippen molar-refractivity contribution in [3.8, 4) is 5.75 Å². The lowest BCUT2D eigenvalue weighted by Gasteiger charge is -2.41. The molecule has 1 aromatic carbocycles. The lowest BCUT2D eigenvalue weighted by atomic mass is 10.1. The minimum absolute atomic E-state index is 0.382. The Kier molecular flexibility index (Phi) is 9.61. The van der Waals surface area contributed by atoms with Crippen molar-refractivity contribution in [2.75, 3.05) is 62.1 Å². The molecule has 42 heavy (non-hydrogen) atoms. The Hall–Kier alpha value is -3.67. The number of piperazine rings is 1. The molecule has 1 atom stereocenters. The SMILES string of the molecule is CCCC1CN(c2ccc(Nc3ncc4c(n3)CCN(c3cc(C(=O)NOC)cc(OC)c3Cl)C4)cn2)CCN1CC. The number of methoxy groups -OCH3 is 1. The van der Waals surface area contributed by atoms with Gasteiger partial charge in [-0.05, 0) is 37.2 Å². The van der Waals surface area contributed by atoms with Crippen LogP contribution in [-0.4, -0.2) is 78.7 Å². The van der Waals surface area contributed by atoms with E-state index in [0.29, 0.717) is 53.5 Å². The lowest BCUT2D eigenvalue weighted by molar-refractivity contribution is 0.0537. The molecule has 11 nitrogen and oxygen atoms in total. The van der Waals surface area contributed by atoms with Crippen LogP contribution < -0.4 is 25.3 Å². The number of pyridine rings is 1. The van der Waals surface area contributed by atoms with Crippen LogP contribution in [0.1, 0.15) is 48.3 Å². The molecule has 0 saturated carbocycles. The van der Waals surface area contributed by atoms with Gasteiger partial charge in [-0.2, -0.15) is 0 Å². The molecule has 2 N–H and O–H groups in total. The maximum Gasteiger partial charge on any atom is 0.275 e. The van der Waals surface area contributed by atoms with Gasteiger partial charge in [-0.1, -0.05) is 31.9 Å². The molecule has 0 aliphatic carbocycles. The third-order valence-electron chi connectivity index (χ3n) is 7.93. The molecule has 2 aromatic heterocycles. The minimum Gasteiger partial charge on any atom is -0.495 e. The van der Waals surface area contributed by atoms with Crippen molar-refractivity contribution >= 4 is 40.6 Å². The summed E-state index contributed by atoms with van der Waals surface area (Å²) in [6.07, 6.45) is 6.78. The molecule has 2 aliphatic heterocycles. The summed E-state index contributed by atoms with van der Waals surface area (Å²) in [6, 6.07) is 8.02. The monoisotopic (exact) mass is 594 g/mol. The number of anilines is 4. The fourth-order valence-corrected chi connectivity index (χ4v) is 6.03. The van der Waals surface area contributed by atoms with E-state index in [0.717, 1.165) is 48.9 Å². The molecule has 0 spiro atoms. The van der Waals surface area contributed by atoms with Crippen LogP contribution in [0.3, 0.4) is 0 Å². The van der Waals surface area contributed by atoms with Crippen molar-refractivity contribution in [1.29, 1.82) is 0 Å². The first-order valence-electron chi connectivity index (χ1n) is 14.5. The summed E-state index contributed by atoms with van der Waals surface area (Å²) in [4.78, 5) is 38.4. The van der Waals surface area contributed by atoms with Crippen LogP contribution in [0.25, 0.3) is 0 Å². The largest absolute Gasteiger partial charge is 0.495 e. The minimum atomic E-state index is -0.382. The molecule has 1 amide bonds. The smallest absolute Gasteiger partial charge is 0.275 e. The number of aromatic nitrogens is 3. The predicted molar refractivity (Wildman–Crippen MR) is 165 cm³/mol. The van der Waals surface area contributed by atoms with E-state index >= 15 is 0 Å². The van der Waals surface area contributed by atoms with Gasteiger partial charge in [-0.25, -0.2) is 20.4 Å². The van der Waals surface area contributed by atoms with Crippen molar-refractivity contribution in [2.45, 2.75) is 45.7 Å². The second-order valence-electron chi connectivity index (χ2n) is 10.5. The van der Waals surface area contributed by atoms with Gasteiger partial charge < -0.3 is 19.9 Å². The van der Waals surface area contributed by atoms with Gasteiger partial charge in [0.1, 0.15) is 16.6 Å². The molecule has 0 radical (unpaired) electrons. The van der Waals surface area contributed by atoms with Crippen LogP contribution in [0.2, 0.25) is 5.02 Å². The molecule has 1 fully saturated rings. The highest BCUT2D eigenvalue weighted by atomic mass is 35.5. The van der Waals surface area contributed by atoms with E-state index in [1.807, 2.05) is 18.5 Å². The number of ether oxygens (including phenoxy) is 1. The Bertz CT molecular complexity index is 1390. The first-order valence-corrected chi connectivity index (χ1v) is 14.8. The molecule has 2 aliphatic rings. The van der Waals surface area contributed by atoms with Crippen LogP contribution in [-0.2, 0) is 17.8 Å². The Morgan fingerprint density at radius 3 is 2.67 bits per heavy atom. The molecule has 224 valence electrons. The summed E-state index contributed by atoms with van der Waals surface area (Å²) in [7, 11) is 2.91. The topological polar surface area (TPSA) is 108 Å². The number of carbonyl (C=O) groups is 1. The van der Waals surface area contributed by atoms with Gasteiger partial charge >= 0.3 is 0 Å². The van der Waals surface area contributed by atoms with E-state index in [1.54, 1.807) is 12.1 Å². The number of hydrogen-bond donors (Lipinski definition) is 2. The average molecular weight is 595 g/mol. The van der Waals surface area contributed by atoms with Crippen LogP contribution >= 0.6 is 11.6 Å². The third kappa shape index (κ3) is 6.53. The first kappa shape index (κ1) is 29.8. The molecular formula is C30H39ClN8O3. The van der Waals surface area contributed by atoms with Gasteiger partial charge in [0.15, 0.2) is 0 Å². The van der Waals surface area contributed by atoms with E-state index in [2.05, 4.69) is 50.4 Å². The zero-order valence-corrected chi connectivity index (χ0v) is 25.4. The number of likely N-dealkylation sites (N-methyl/N-ethyl adjacent to an activating group) is 1. The fraction of sp³-hybridized carbons (Fsp3) is 0.467. The summed E-state index contributed by atoms with van der Waals surface area (Å²) in [5.74, 6) is 1.57. The Labute approximate surface area is 252 Å². The highest BCUT2D eigenvalue weighted by molar-refractivity contribution is 6.35. The number of fused-ring (bicyclic) bond motifs is 1. The number of benzene rings is 1. The molecule has 0 bridgehead atoms. The van der Waals surface area contributed by atoms with E-state index < -0.39 is 0 Å². The number of nitrogens with zero attached hydrogens (tertiary/aromatic N) is 6. The molecule has 3 aromatic rings. The second kappa shape index (κ2) is 13.5. The Morgan fingerprint density at radius 1 is 1.10 bits per heavy atom. The molecule has 4 heterocycles. The first-order chi connectivity index (χ1) is 20.4. The Morgan fingerprint density at radius 2 is 1.95 bits per heavy atom. The number of hydroxylamine groups is 1. The summed E-state index contributed by atoms with van der Waals surface area (Å²) in [6.45, 7) is 9.87. The van der Waals surface area contributed by atoms with Crippen molar-refractivity contribution in [3.63, 3.8) is 0 Å². The van der Waals surface area contributed by atoms with Gasteiger partial charge in [0, 0.05) is 62.5 Å². The molecular weight excluding hydrogens is 556 g/mol. The molecule has 12 heteroatoms. The van der Waals surface area contributed by atoms with Gasteiger partial charge in [0.25, 0.3) is 5.91 Å². The quantitative estimate of drug-likeness (QED) is 0.327. The zero-order valence-electron chi connectivity index (χ0n) is 24.7. The van der Waals surface area contributed by atoms with Crippen molar-refractivity contribution in [1.82, 2.24) is 25.3 Å². The van der Waals surface area contributed by atoms with Crippen LogP contribution in [0, 0.1) is 0 Å². The van der Waals surface area contributed by atoms with Gasteiger partial charge in [-0.3, -0.25) is 14.5 Å². The number of carbonyl (C=O) groups excluding carboxylic acids is 1. The van der Waals surface area contributed by atoms with Crippen LogP contribution in [0.4, 0.5) is 23.1 Å². The maximum atomic E-state index is 12.4. The van der Waals surface area contributed by atoms with Crippen LogP contribution in [0.5, 0.6) is 5.75 Å². The van der Waals surface area contributed by atoms with Gasteiger partial charge in [-0.15, -0.1) is 0 Å². The highest BCUT2D eigenvalue weighted by Gasteiger charge is 2.26. The number of rotatable bonds is 10. The third-order valence-corrected chi connectivity index (χ3v) is 8.31. The fourth-order valence-electron chi connectivity index (χ4n) is 5.73. The van der Waals surface area contributed by atoms with E-state index in [4.69, 9.17) is 31.1 Å². The zero-order chi connectivity index (χ0) is 29.6. The normalized spacial score (nSPS) is 17.1. The van der Waals surface area contributed by atoms with Crippen molar-refractivity contribution in [2.24, 2.45) is 0 Å². The lowest BCUT2D eigenvalue weighted by Crippen LogP contribution is -2.53.